The molecule has 1 fully saturated rings. The summed E-state index contributed by atoms with van der Waals surface area (Å²) in [6.45, 7) is 6.58. The molecule has 204 valence electrons. The number of amides is 1. The summed E-state index contributed by atoms with van der Waals surface area (Å²) >= 11 is 0. The first kappa shape index (κ1) is 30.7. The summed E-state index contributed by atoms with van der Waals surface area (Å²) in [5.41, 5.74) is -1.66. The highest BCUT2D eigenvalue weighted by atomic mass is 19.1. The van der Waals surface area contributed by atoms with Gasteiger partial charge in [-0.3, -0.25) is 28.8 Å². The van der Waals surface area contributed by atoms with Crippen molar-refractivity contribution in [2.24, 2.45) is 0 Å². The minimum Gasteiger partial charge on any atom is -0.462 e. The molecule has 14 heteroatoms. The summed E-state index contributed by atoms with van der Waals surface area (Å²) < 4.78 is 46.6. The van der Waals surface area contributed by atoms with E-state index in [0.717, 1.165) is 34.6 Å². The molecule has 36 heavy (non-hydrogen) atoms. The predicted octanol–water partition coefficient (Wildman–Crippen LogP) is -0.0920. The lowest BCUT2D eigenvalue weighted by molar-refractivity contribution is -0.251. The number of carbonyl (C=O) groups excluding carboxylic acids is 6. The molecule has 1 heterocycles. The number of esters is 5. The Hall–Kier alpha value is -3.29. The van der Waals surface area contributed by atoms with Gasteiger partial charge in [0.25, 0.3) is 5.91 Å². The van der Waals surface area contributed by atoms with Crippen molar-refractivity contribution in [3.05, 3.63) is 0 Å². The molecule has 6 atom stereocenters. The number of hydrogen-bond acceptors (Lipinski definition) is 12. The van der Waals surface area contributed by atoms with Crippen LogP contribution in [0, 0.1) is 0 Å². The van der Waals surface area contributed by atoms with E-state index in [4.69, 9.17) is 23.7 Å². The molecule has 0 aromatic heterocycles. The van der Waals surface area contributed by atoms with Crippen molar-refractivity contribution in [2.45, 2.75) is 90.7 Å². The van der Waals surface area contributed by atoms with Crippen molar-refractivity contribution in [2.75, 3.05) is 13.2 Å². The Morgan fingerprint density at radius 1 is 0.861 bits per heavy atom. The molecule has 1 aliphatic heterocycles. The SMILES string of the molecule is CC(=O)OCC(=O)NC1C(OC(C)=O)C(F)C(C)(C)OC1[C@H](OC(C)=O)[C@@H](COC(C)=O)OC(C)=O. The molecule has 1 amide bonds. The molecule has 0 bridgehead atoms. The van der Waals surface area contributed by atoms with Crippen LogP contribution in [-0.2, 0) is 57.2 Å². The van der Waals surface area contributed by atoms with Crippen molar-refractivity contribution in [1.29, 1.82) is 0 Å². The molecule has 0 saturated carbocycles. The summed E-state index contributed by atoms with van der Waals surface area (Å²) in [6.07, 6.45) is -8.19. The van der Waals surface area contributed by atoms with Crippen LogP contribution in [0.3, 0.4) is 0 Å². The normalized spacial score (nSPS) is 24.3. The lowest BCUT2D eigenvalue weighted by Crippen LogP contribution is -2.70. The minimum absolute atomic E-state index is 0.585. The van der Waals surface area contributed by atoms with Gasteiger partial charge in [-0.2, -0.15) is 0 Å². The summed E-state index contributed by atoms with van der Waals surface area (Å²) in [5, 5.41) is 2.38. The Bertz CT molecular complexity index is 860. The summed E-state index contributed by atoms with van der Waals surface area (Å²) in [6, 6.07) is -1.53. The van der Waals surface area contributed by atoms with E-state index in [1.165, 1.54) is 13.8 Å². The monoisotopic (exact) mass is 521 g/mol. The molecular weight excluding hydrogens is 489 g/mol. The topological polar surface area (TPSA) is 170 Å². The zero-order valence-electron chi connectivity index (χ0n) is 21.2. The fraction of sp³-hybridized carbons (Fsp3) is 0.727. The average Bonchev–Trinajstić information content (AvgIpc) is 2.72. The quantitative estimate of drug-likeness (QED) is 0.300. The van der Waals surface area contributed by atoms with E-state index < -0.39 is 91.2 Å². The number of ether oxygens (including phenoxy) is 6. The molecule has 1 aliphatic rings. The summed E-state index contributed by atoms with van der Waals surface area (Å²) in [4.78, 5) is 70.6. The van der Waals surface area contributed by atoms with Crippen LogP contribution in [0.4, 0.5) is 4.39 Å². The maximum absolute atomic E-state index is 15.5. The van der Waals surface area contributed by atoms with E-state index >= 15 is 4.39 Å². The minimum atomic E-state index is -1.99. The summed E-state index contributed by atoms with van der Waals surface area (Å²) in [7, 11) is 0. The molecular formula is C22H32FNO12. The number of carbonyl (C=O) groups is 6. The molecule has 13 nitrogen and oxygen atoms in total. The molecule has 0 aromatic rings. The van der Waals surface area contributed by atoms with E-state index in [1.807, 2.05) is 0 Å². The van der Waals surface area contributed by atoms with Gasteiger partial charge in [0.15, 0.2) is 31.1 Å². The van der Waals surface area contributed by atoms with Crippen LogP contribution in [-0.4, -0.2) is 91.2 Å². The van der Waals surface area contributed by atoms with Gasteiger partial charge in [-0.15, -0.1) is 0 Å². The fourth-order valence-electron chi connectivity index (χ4n) is 3.56. The van der Waals surface area contributed by atoms with Crippen molar-refractivity contribution >= 4 is 35.8 Å². The third-order valence-corrected chi connectivity index (χ3v) is 4.90. The average molecular weight is 521 g/mol. The maximum atomic E-state index is 15.5. The Morgan fingerprint density at radius 2 is 1.42 bits per heavy atom. The highest BCUT2D eigenvalue weighted by Crippen LogP contribution is 2.36. The van der Waals surface area contributed by atoms with E-state index in [2.05, 4.69) is 10.1 Å². The molecule has 4 unspecified atom stereocenters. The predicted molar refractivity (Wildman–Crippen MR) is 116 cm³/mol. The van der Waals surface area contributed by atoms with Gasteiger partial charge in [-0.25, -0.2) is 4.39 Å². The smallest absolute Gasteiger partial charge is 0.303 e. The van der Waals surface area contributed by atoms with Gasteiger partial charge in [-0.1, -0.05) is 0 Å². The second-order valence-corrected chi connectivity index (χ2v) is 8.56. The lowest BCUT2D eigenvalue weighted by atomic mass is 9.83. The first-order chi connectivity index (χ1) is 16.5. The summed E-state index contributed by atoms with van der Waals surface area (Å²) in [5.74, 6) is -5.03. The van der Waals surface area contributed by atoms with Crippen LogP contribution < -0.4 is 5.32 Å². The second kappa shape index (κ2) is 13.1. The van der Waals surface area contributed by atoms with Gasteiger partial charge >= 0.3 is 29.8 Å². The zero-order chi connectivity index (χ0) is 27.8. The molecule has 0 spiro atoms. The lowest BCUT2D eigenvalue weighted by Gasteiger charge is -2.49. The highest BCUT2D eigenvalue weighted by Gasteiger charge is 2.57. The standard InChI is InChI=1S/C22H32FNO12/c1-10(25)31-8-15(33-12(3)27)18(34-13(4)28)19-17(24-16(30)9-32-11(2)26)20(35-14(5)29)21(23)22(6,7)36-19/h15,17-21H,8-9H2,1-7H3,(H,24,30)/t15-,17?,18-,19?,20?,21?/m1/s1. The van der Waals surface area contributed by atoms with E-state index in [1.54, 1.807) is 0 Å². The van der Waals surface area contributed by atoms with E-state index in [9.17, 15) is 28.8 Å². The molecule has 0 aromatic carbocycles. The van der Waals surface area contributed by atoms with Crippen LogP contribution >= 0.6 is 0 Å². The third-order valence-electron chi connectivity index (χ3n) is 4.90. The number of alkyl halides is 1. The number of hydrogen-bond donors (Lipinski definition) is 1. The van der Waals surface area contributed by atoms with E-state index in [-0.39, 0.29) is 0 Å². The van der Waals surface area contributed by atoms with Crippen molar-refractivity contribution in [1.82, 2.24) is 5.32 Å². The third kappa shape index (κ3) is 9.40. The van der Waals surface area contributed by atoms with Crippen LogP contribution in [0.15, 0.2) is 0 Å². The molecule has 1 N–H and O–H groups in total. The van der Waals surface area contributed by atoms with Gasteiger partial charge in [0.05, 0.1) is 11.6 Å². The maximum Gasteiger partial charge on any atom is 0.303 e. The highest BCUT2D eigenvalue weighted by molar-refractivity contribution is 5.80. The Morgan fingerprint density at radius 3 is 1.89 bits per heavy atom. The first-order valence-electron chi connectivity index (χ1n) is 10.9. The second-order valence-electron chi connectivity index (χ2n) is 8.56. The van der Waals surface area contributed by atoms with Crippen molar-refractivity contribution < 1.29 is 61.6 Å². The van der Waals surface area contributed by atoms with Crippen molar-refractivity contribution in [3.8, 4) is 0 Å². The van der Waals surface area contributed by atoms with Gasteiger partial charge in [0, 0.05) is 34.6 Å². The van der Waals surface area contributed by atoms with E-state index in [0.29, 0.717) is 0 Å². The van der Waals surface area contributed by atoms with Crippen LogP contribution in [0.1, 0.15) is 48.5 Å². The van der Waals surface area contributed by atoms with Crippen LogP contribution in [0.2, 0.25) is 0 Å². The molecule has 1 rings (SSSR count). The largest absolute Gasteiger partial charge is 0.462 e. The Labute approximate surface area is 207 Å². The van der Waals surface area contributed by atoms with Gasteiger partial charge in [-0.05, 0) is 13.8 Å². The number of halogens is 1. The van der Waals surface area contributed by atoms with Crippen molar-refractivity contribution in [3.63, 3.8) is 0 Å². The first-order valence-corrected chi connectivity index (χ1v) is 10.9. The number of nitrogens with one attached hydrogen (secondary N) is 1. The zero-order valence-corrected chi connectivity index (χ0v) is 21.2. The molecule has 0 radical (unpaired) electrons. The molecule has 0 aliphatic carbocycles. The van der Waals surface area contributed by atoms with Crippen LogP contribution in [0.25, 0.3) is 0 Å². The van der Waals surface area contributed by atoms with Gasteiger partial charge < -0.3 is 33.7 Å². The number of rotatable bonds is 10. The van der Waals surface area contributed by atoms with Gasteiger partial charge in [0.2, 0.25) is 0 Å². The Kier molecular flexibility index (Phi) is 11.2. The molecule has 1 saturated heterocycles. The van der Waals surface area contributed by atoms with Crippen LogP contribution in [0.5, 0.6) is 0 Å². The Balaban J connectivity index is 3.58. The fourth-order valence-corrected chi connectivity index (χ4v) is 3.56. The van der Waals surface area contributed by atoms with Gasteiger partial charge in [0.1, 0.15) is 12.7 Å².